The van der Waals surface area contributed by atoms with E-state index >= 15 is 0 Å². The lowest BCUT2D eigenvalue weighted by Gasteiger charge is -2.42. The van der Waals surface area contributed by atoms with Crippen molar-refractivity contribution in [2.75, 3.05) is 19.6 Å². The van der Waals surface area contributed by atoms with Gasteiger partial charge in [0.05, 0.1) is 0 Å². The van der Waals surface area contributed by atoms with Gasteiger partial charge in [-0.25, -0.2) is 0 Å². The molecule has 0 aromatic carbocycles. The van der Waals surface area contributed by atoms with Crippen molar-refractivity contribution in [2.45, 2.75) is 57.9 Å². The molecule has 0 unspecified atom stereocenters. The van der Waals surface area contributed by atoms with Gasteiger partial charge in [-0.05, 0) is 25.9 Å². The molecule has 1 aliphatic carbocycles. The molecule has 0 amide bonds. The van der Waals surface area contributed by atoms with E-state index in [-0.39, 0.29) is 0 Å². The molecule has 0 atom stereocenters. The van der Waals surface area contributed by atoms with E-state index in [4.69, 9.17) is 5.73 Å². The molecule has 0 heterocycles. The monoisotopic (exact) mass is 198 g/mol. The zero-order chi connectivity index (χ0) is 10.4. The highest BCUT2D eigenvalue weighted by Gasteiger charge is 2.33. The first kappa shape index (κ1) is 12.0. The summed E-state index contributed by atoms with van der Waals surface area (Å²) < 4.78 is 0. The largest absolute Gasteiger partial charge is 0.329 e. The van der Waals surface area contributed by atoms with Crippen LogP contribution in [0.4, 0.5) is 0 Å². The second-order valence-corrected chi connectivity index (χ2v) is 4.51. The van der Waals surface area contributed by atoms with Crippen LogP contribution < -0.4 is 5.73 Å². The van der Waals surface area contributed by atoms with Gasteiger partial charge in [0.15, 0.2) is 0 Å². The van der Waals surface area contributed by atoms with Crippen molar-refractivity contribution >= 4 is 0 Å². The Kier molecular flexibility index (Phi) is 4.90. The average molecular weight is 198 g/mol. The Morgan fingerprint density at radius 2 is 1.50 bits per heavy atom. The third-order valence-electron chi connectivity index (χ3n) is 3.85. The summed E-state index contributed by atoms with van der Waals surface area (Å²) in [5, 5.41) is 0. The maximum atomic E-state index is 6.02. The number of nitrogens with zero attached hydrogens (tertiary/aromatic N) is 1. The molecule has 0 bridgehead atoms. The van der Waals surface area contributed by atoms with Crippen molar-refractivity contribution in [3.63, 3.8) is 0 Å². The highest BCUT2D eigenvalue weighted by Crippen LogP contribution is 2.31. The van der Waals surface area contributed by atoms with Crippen LogP contribution in [0.1, 0.15) is 52.4 Å². The van der Waals surface area contributed by atoms with Crippen LogP contribution in [0.25, 0.3) is 0 Å². The molecule has 0 aromatic rings. The summed E-state index contributed by atoms with van der Waals surface area (Å²) in [6, 6.07) is 0. The van der Waals surface area contributed by atoms with Gasteiger partial charge in [0.2, 0.25) is 0 Å². The lowest BCUT2D eigenvalue weighted by atomic mass is 9.88. The summed E-state index contributed by atoms with van der Waals surface area (Å²) >= 11 is 0. The summed E-state index contributed by atoms with van der Waals surface area (Å²) in [6.45, 7) is 7.65. The normalized spacial score (nSPS) is 22.3. The van der Waals surface area contributed by atoms with Crippen molar-refractivity contribution < 1.29 is 0 Å². The fourth-order valence-electron chi connectivity index (χ4n) is 2.93. The van der Waals surface area contributed by atoms with Gasteiger partial charge < -0.3 is 5.73 Å². The van der Waals surface area contributed by atoms with E-state index in [1.54, 1.807) is 0 Å². The molecule has 0 spiro atoms. The number of likely N-dealkylation sites (N-methyl/N-ethyl adjacent to an activating group) is 1. The minimum Gasteiger partial charge on any atom is -0.329 e. The summed E-state index contributed by atoms with van der Waals surface area (Å²) in [4.78, 5) is 2.58. The second kappa shape index (κ2) is 5.72. The maximum Gasteiger partial charge on any atom is 0.0331 e. The fourth-order valence-corrected chi connectivity index (χ4v) is 2.93. The Labute approximate surface area is 88.8 Å². The van der Waals surface area contributed by atoms with Crippen molar-refractivity contribution in [3.05, 3.63) is 0 Å². The minimum absolute atomic E-state index is 0.333. The fraction of sp³-hybridized carbons (Fsp3) is 1.00. The topological polar surface area (TPSA) is 29.3 Å². The molecule has 0 aliphatic heterocycles. The summed E-state index contributed by atoms with van der Waals surface area (Å²) in [7, 11) is 0. The first-order chi connectivity index (χ1) is 6.79. The Hall–Kier alpha value is -0.0800. The Bertz CT molecular complexity index is 144. The summed E-state index contributed by atoms with van der Waals surface area (Å²) in [6.07, 6.45) is 8.17. The Morgan fingerprint density at radius 1 is 1.00 bits per heavy atom. The van der Waals surface area contributed by atoms with Crippen LogP contribution in [0, 0.1) is 0 Å². The molecule has 0 aromatic heterocycles. The number of nitrogens with two attached hydrogens (primary N) is 1. The predicted molar refractivity (Wildman–Crippen MR) is 62.4 cm³/mol. The molecular formula is C12H26N2. The van der Waals surface area contributed by atoms with Gasteiger partial charge in [-0.1, -0.05) is 39.5 Å². The average Bonchev–Trinajstić information content (AvgIpc) is 2.46. The van der Waals surface area contributed by atoms with Crippen molar-refractivity contribution in [2.24, 2.45) is 5.73 Å². The zero-order valence-corrected chi connectivity index (χ0v) is 9.89. The maximum absolute atomic E-state index is 6.02. The van der Waals surface area contributed by atoms with Gasteiger partial charge in [0, 0.05) is 12.1 Å². The smallest absolute Gasteiger partial charge is 0.0331 e. The van der Waals surface area contributed by atoms with Gasteiger partial charge in [0.25, 0.3) is 0 Å². The molecule has 1 fully saturated rings. The molecule has 0 radical (unpaired) electrons. The molecule has 2 heteroatoms. The van der Waals surface area contributed by atoms with Crippen LogP contribution in [0.2, 0.25) is 0 Å². The molecule has 0 saturated heterocycles. The van der Waals surface area contributed by atoms with Crippen LogP contribution in [-0.2, 0) is 0 Å². The van der Waals surface area contributed by atoms with Crippen molar-refractivity contribution in [1.82, 2.24) is 4.90 Å². The minimum atomic E-state index is 0.333. The molecule has 1 saturated carbocycles. The van der Waals surface area contributed by atoms with E-state index in [1.165, 1.54) is 38.5 Å². The summed E-state index contributed by atoms with van der Waals surface area (Å²) in [5.41, 5.74) is 6.35. The first-order valence-corrected chi connectivity index (χ1v) is 6.24. The molecule has 84 valence electrons. The third kappa shape index (κ3) is 2.48. The quantitative estimate of drug-likeness (QED) is 0.703. The zero-order valence-electron chi connectivity index (χ0n) is 9.89. The molecule has 1 aliphatic rings. The van der Waals surface area contributed by atoms with Crippen molar-refractivity contribution in [3.8, 4) is 0 Å². The highest BCUT2D eigenvalue weighted by molar-refractivity contribution is 4.92. The second-order valence-electron chi connectivity index (χ2n) is 4.51. The van der Waals surface area contributed by atoms with E-state index in [0.717, 1.165) is 19.6 Å². The lowest BCUT2D eigenvalue weighted by molar-refractivity contribution is 0.0896. The lowest BCUT2D eigenvalue weighted by Crippen LogP contribution is -2.53. The van der Waals surface area contributed by atoms with Crippen molar-refractivity contribution in [1.29, 1.82) is 0 Å². The van der Waals surface area contributed by atoms with Gasteiger partial charge >= 0.3 is 0 Å². The number of rotatable bonds is 4. The van der Waals surface area contributed by atoms with E-state index < -0.39 is 0 Å². The molecule has 14 heavy (non-hydrogen) atoms. The van der Waals surface area contributed by atoms with Crippen LogP contribution >= 0.6 is 0 Å². The predicted octanol–water partition coefficient (Wildman–Crippen LogP) is 2.38. The molecular weight excluding hydrogens is 172 g/mol. The van der Waals surface area contributed by atoms with E-state index in [1.807, 2.05) is 0 Å². The summed E-state index contributed by atoms with van der Waals surface area (Å²) in [5.74, 6) is 0. The Balaban J connectivity index is 2.69. The number of hydrogen-bond donors (Lipinski definition) is 1. The molecule has 1 rings (SSSR count). The van der Waals surface area contributed by atoms with Crippen LogP contribution in [-0.4, -0.2) is 30.1 Å². The number of hydrogen-bond acceptors (Lipinski definition) is 2. The van der Waals surface area contributed by atoms with E-state index in [2.05, 4.69) is 18.7 Å². The van der Waals surface area contributed by atoms with Gasteiger partial charge in [-0.2, -0.15) is 0 Å². The Morgan fingerprint density at radius 3 is 1.86 bits per heavy atom. The molecule has 2 nitrogen and oxygen atoms in total. The molecule has 2 N–H and O–H groups in total. The van der Waals surface area contributed by atoms with Gasteiger partial charge in [-0.15, -0.1) is 0 Å². The SMILES string of the molecule is CCN(CC)C1(CN)CCCCCC1. The first-order valence-electron chi connectivity index (χ1n) is 6.24. The van der Waals surface area contributed by atoms with Crippen LogP contribution in [0.3, 0.4) is 0 Å². The van der Waals surface area contributed by atoms with Gasteiger partial charge in [-0.3, -0.25) is 4.90 Å². The van der Waals surface area contributed by atoms with Crippen LogP contribution in [0.15, 0.2) is 0 Å². The van der Waals surface area contributed by atoms with E-state index in [9.17, 15) is 0 Å². The highest BCUT2D eigenvalue weighted by atomic mass is 15.2. The van der Waals surface area contributed by atoms with E-state index in [0.29, 0.717) is 5.54 Å². The standard InChI is InChI=1S/C12H26N2/c1-3-14(4-2)12(11-13)9-7-5-6-8-10-12/h3-11,13H2,1-2H3. The third-order valence-corrected chi connectivity index (χ3v) is 3.85. The van der Waals surface area contributed by atoms with Crippen LogP contribution in [0.5, 0.6) is 0 Å². The van der Waals surface area contributed by atoms with Gasteiger partial charge in [0.1, 0.15) is 0 Å².